The lowest BCUT2D eigenvalue weighted by atomic mass is 9.70. The van der Waals surface area contributed by atoms with Gasteiger partial charge in [0.15, 0.2) is 0 Å². The van der Waals surface area contributed by atoms with E-state index >= 15 is 0 Å². The highest BCUT2D eigenvalue weighted by molar-refractivity contribution is 6.00. The first-order valence-electron chi connectivity index (χ1n) is 23.5. The maximum Gasteiger partial charge on any atom is 0.0788 e. The fourth-order valence-corrected chi connectivity index (χ4v) is 11.6. The first-order chi connectivity index (χ1) is 33.7. The molecular formula is C66H42N2. The van der Waals surface area contributed by atoms with Crippen LogP contribution < -0.4 is 4.90 Å². The minimum atomic E-state index is -0.447. The minimum Gasteiger partial charge on any atom is -0.310 e. The lowest BCUT2D eigenvalue weighted by molar-refractivity contribution is 0.793. The Balaban J connectivity index is 0.940. The molecule has 2 aliphatic rings. The molecule has 2 nitrogen and oxygen atoms in total. The molecule has 11 aromatic carbocycles. The van der Waals surface area contributed by atoms with Crippen molar-refractivity contribution in [3.8, 4) is 55.8 Å². The van der Waals surface area contributed by atoms with Crippen molar-refractivity contribution in [1.82, 2.24) is 4.98 Å². The third kappa shape index (κ3) is 5.74. The highest BCUT2D eigenvalue weighted by atomic mass is 15.1. The van der Waals surface area contributed by atoms with Crippen molar-refractivity contribution in [2.24, 2.45) is 0 Å². The van der Waals surface area contributed by atoms with Crippen molar-refractivity contribution < 1.29 is 0 Å². The molecule has 1 spiro atoms. The van der Waals surface area contributed by atoms with Crippen LogP contribution in [0.5, 0.6) is 0 Å². The van der Waals surface area contributed by atoms with E-state index in [4.69, 9.17) is 4.98 Å². The third-order valence-corrected chi connectivity index (χ3v) is 14.6. The summed E-state index contributed by atoms with van der Waals surface area (Å²) in [7, 11) is 0. The minimum absolute atomic E-state index is 0.447. The van der Waals surface area contributed by atoms with Crippen molar-refractivity contribution >= 4 is 49.5 Å². The van der Waals surface area contributed by atoms with Crippen LogP contribution in [0.3, 0.4) is 0 Å². The van der Waals surface area contributed by atoms with Gasteiger partial charge in [0.1, 0.15) is 0 Å². The average molecular weight is 863 g/mol. The van der Waals surface area contributed by atoms with Crippen molar-refractivity contribution in [3.63, 3.8) is 0 Å². The van der Waals surface area contributed by atoms with E-state index in [9.17, 15) is 0 Å². The number of benzene rings is 11. The largest absolute Gasteiger partial charge is 0.310 e. The van der Waals surface area contributed by atoms with E-state index in [2.05, 4.69) is 260 Å². The lowest BCUT2D eigenvalue weighted by Crippen LogP contribution is -2.26. The monoisotopic (exact) mass is 862 g/mol. The van der Waals surface area contributed by atoms with Crippen LogP contribution in [-0.4, -0.2) is 4.98 Å². The summed E-state index contributed by atoms with van der Waals surface area (Å²) < 4.78 is 0. The van der Waals surface area contributed by atoms with Crippen molar-refractivity contribution in [2.45, 2.75) is 5.41 Å². The molecule has 0 aliphatic heterocycles. The van der Waals surface area contributed by atoms with Gasteiger partial charge in [0.2, 0.25) is 0 Å². The second kappa shape index (κ2) is 15.1. The topological polar surface area (TPSA) is 16.1 Å². The Hall–Kier alpha value is -8.85. The molecule has 0 N–H and O–H groups in total. The number of pyridine rings is 1. The molecule has 0 unspecified atom stereocenters. The zero-order valence-corrected chi connectivity index (χ0v) is 37.1. The van der Waals surface area contributed by atoms with Gasteiger partial charge in [-0.3, -0.25) is 0 Å². The van der Waals surface area contributed by atoms with E-state index in [1.165, 1.54) is 77.2 Å². The van der Waals surface area contributed by atoms with Crippen molar-refractivity contribution in [3.05, 3.63) is 277 Å². The SMILES string of the molecule is c1cc(-c2cc3ccccc3nc2-c2ccc(N(c3ccc4c(c3)C3(c5ccccc5-c5ccccc53)c3ccccc3-4)c3ccc4ccccc4c3)cc2)cc(-c2cccc3ccccc23)c1. The summed E-state index contributed by atoms with van der Waals surface area (Å²) >= 11 is 0. The van der Waals surface area contributed by atoms with Crippen LogP contribution in [0.25, 0.3) is 88.2 Å². The summed E-state index contributed by atoms with van der Waals surface area (Å²) in [6, 6.07) is 93.7. The van der Waals surface area contributed by atoms with Gasteiger partial charge in [-0.1, -0.05) is 200 Å². The van der Waals surface area contributed by atoms with Crippen LogP contribution in [0, 0.1) is 0 Å². The van der Waals surface area contributed by atoms with Gasteiger partial charge in [0.05, 0.1) is 16.6 Å². The summed E-state index contributed by atoms with van der Waals surface area (Å²) in [6.45, 7) is 0. The summed E-state index contributed by atoms with van der Waals surface area (Å²) in [5, 5.41) is 6.01. The summed E-state index contributed by atoms with van der Waals surface area (Å²) in [5.74, 6) is 0. The Labute approximate surface area is 395 Å². The number of nitrogens with zero attached hydrogens (tertiary/aromatic N) is 2. The number of fused-ring (bicyclic) bond motifs is 13. The molecule has 2 heteroatoms. The molecule has 0 radical (unpaired) electrons. The molecule has 68 heavy (non-hydrogen) atoms. The Morgan fingerprint density at radius 2 is 0.794 bits per heavy atom. The van der Waals surface area contributed by atoms with Crippen LogP contribution in [-0.2, 0) is 5.41 Å². The Kier molecular flexibility index (Phi) is 8.53. The van der Waals surface area contributed by atoms with Gasteiger partial charge in [-0.25, -0.2) is 4.98 Å². The van der Waals surface area contributed by atoms with Crippen LogP contribution in [0.4, 0.5) is 17.1 Å². The molecule has 316 valence electrons. The average Bonchev–Trinajstić information content (AvgIpc) is 3.88. The molecule has 0 saturated heterocycles. The smallest absolute Gasteiger partial charge is 0.0788 e. The van der Waals surface area contributed by atoms with E-state index in [-0.39, 0.29) is 0 Å². The Morgan fingerprint density at radius 3 is 1.53 bits per heavy atom. The normalized spacial score (nSPS) is 12.8. The van der Waals surface area contributed by atoms with Crippen LogP contribution >= 0.6 is 0 Å². The van der Waals surface area contributed by atoms with E-state index < -0.39 is 5.41 Å². The first kappa shape index (κ1) is 38.4. The fraction of sp³-hybridized carbons (Fsp3) is 0.0152. The van der Waals surface area contributed by atoms with Crippen LogP contribution in [0.2, 0.25) is 0 Å². The fourth-order valence-electron chi connectivity index (χ4n) is 11.6. The second-order valence-electron chi connectivity index (χ2n) is 18.2. The predicted molar refractivity (Wildman–Crippen MR) is 284 cm³/mol. The summed E-state index contributed by atoms with van der Waals surface area (Å²) in [5.41, 5.74) is 21.0. The molecule has 0 amide bonds. The second-order valence-corrected chi connectivity index (χ2v) is 18.2. The molecule has 12 aromatic rings. The number of para-hydroxylation sites is 1. The van der Waals surface area contributed by atoms with Gasteiger partial charge >= 0.3 is 0 Å². The van der Waals surface area contributed by atoms with Crippen LogP contribution in [0.1, 0.15) is 22.3 Å². The van der Waals surface area contributed by atoms with Crippen LogP contribution in [0.15, 0.2) is 255 Å². The maximum absolute atomic E-state index is 5.42. The molecule has 2 aliphatic carbocycles. The molecule has 0 saturated carbocycles. The predicted octanol–water partition coefficient (Wildman–Crippen LogP) is 17.4. The molecule has 1 heterocycles. The van der Waals surface area contributed by atoms with E-state index in [0.29, 0.717) is 0 Å². The molecule has 0 fully saturated rings. The number of anilines is 3. The molecular weight excluding hydrogens is 821 g/mol. The number of hydrogen-bond acceptors (Lipinski definition) is 2. The third-order valence-electron chi connectivity index (χ3n) is 14.6. The highest BCUT2D eigenvalue weighted by Gasteiger charge is 2.51. The number of rotatable bonds is 6. The number of hydrogen-bond donors (Lipinski definition) is 0. The lowest BCUT2D eigenvalue weighted by Gasteiger charge is -2.32. The molecule has 1 aromatic heterocycles. The molecule has 14 rings (SSSR count). The first-order valence-corrected chi connectivity index (χ1v) is 23.5. The maximum atomic E-state index is 5.42. The standard InChI is InChI=1S/C66H42N2/c1-2-17-46-40-51(36-31-43(46)15-1)68(52-37-38-58-57-25-8-11-29-62(57)66(63(58)42-52)60-27-9-6-23-55(60)56-24-7-10-28-61(56)66)50-34-32-45(33-35-50)65-59(41-49-18-4-12-30-64(49)67-65)48-21-13-20-47(39-48)54-26-14-19-44-16-3-5-22-53(44)54/h1-42H. The van der Waals surface area contributed by atoms with Gasteiger partial charge in [-0.2, -0.15) is 0 Å². The Bertz CT molecular complexity index is 3920. The van der Waals surface area contributed by atoms with E-state index in [1.54, 1.807) is 0 Å². The van der Waals surface area contributed by atoms with Gasteiger partial charge in [0.25, 0.3) is 0 Å². The Morgan fingerprint density at radius 1 is 0.279 bits per heavy atom. The van der Waals surface area contributed by atoms with Gasteiger partial charge in [0, 0.05) is 33.6 Å². The van der Waals surface area contributed by atoms with E-state index in [0.717, 1.165) is 50.3 Å². The summed E-state index contributed by atoms with van der Waals surface area (Å²) in [6.07, 6.45) is 0. The highest BCUT2D eigenvalue weighted by Crippen LogP contribution is 2.63. The molecule has 0 atom stereocenters. The quantitative estimate of drug-likeness (QED) is 0.166. The van der Waals surface area contributed by atoms with Crippen molar-refractivity contribution in [1.29, 1.82) is 0 Å². The van der Waals surface area contributed by atoms with Gasteiger partial charge in [-0.05, 0) is 137 Å². The zero-order valence-electron chi connectivity index (χ0n) is 37.1. The van der Waals surface area contributed by atoms with Gasteiger partial charge < -0.3 is 4.90 Å². The number of aromatic nitrogens is 1. The van der Waals surface area contributed by atoms with E-state index in [1.807, 2.05) is 0 Å². The molecule has 0 bridgehead atoms. The van der Waals surface area contributed by atoms with Gasteiger partial charge in [-0.15, -0.1) is 0 Å². The zero-order chi connectivity index (χ0) is 44.8. The summed E-state index contributed by atoms with van der Waals surface area (Å²) in [4.78, 5) is 7.85. The van der Waals surface area contributed by atoms with Crippen molar-refractivity contribution in [2.75, 3.05) is 4.90 Å².